The van der Waals surface area contributed by atoms with Gasteiger partial charge in [0.2, 0.25) is 0 Å². The predicted molar refractivity (Wildman–Crippen MR) is 129 cm³/mol. The quantitative estimate of drug-likeness (QED) is 0.472. The van der Waals surface area contributed by atoms with Gasteiger partial charge in [0, 0.05) is 39.1 Å². The number of anilines is 2. The van der Waals surface area contributed by atoms with Gasteiger partial charge >= 0.3 is 0 Å². The van der Waals surface area contributed by atoms with E-state index < -0.39 is 0 Å². The van der Waals surface area contributed by atoms with Crippen molar-refractivity contribution in [2.75, 3.05) is 48.8 Å². The summed E-state index contributed by atoms with van der Waals surface area (Å²) in [6, 6.07) is 7.38. The third-order valence-corrected chi connectivity index (χ3v) is 6.03. The molecule has 0 bridgehead atoms. The number of fused-ring (bicyclic) bond motifs is 1. The van der Waals surface area contributed by atoms with Crippen molar-refractivity contribution in [2.45, 2.75) is 19.8 Å². The van der Waals surface area contributed by atoms with E-state index in [1.54, 1.807) is 10.7 Å². The van der Waals surface area contributed by atoms with Crippen LogP contribution in [-0.2, 0) is 6.42 Å². The normalized spacial score (nSPS) is 14.8. The van der Waals surface area contributed by atoms with Crippen LogP contribution in [-0.4, -0.2) is 52.4 Å². The molecule has 3 aromatic rings. The van der Waals surface area contributed by atoms with E-state index in [0.29, 0.717) is 53.6 Å². The molecule has 1 aliphatic heterocycles. The zero-order valence-electron chi connectivity index (χ0n) is 18.4. The Balaban J connectivity index is 1.55. The number of halogens is 1. The summed E-state index contributed by atoms with van der Waals surface area (Å²) in [6.45, 7) is 5.73. The maximum atomic E-state index is 13.5. The summed E-state index contributed by atoms with van der Waals surface area (Å²) in [5, 5.41) is 18.7. The number of aromatic nitrogens is 4. The van der Waals surface area contributed by atoms with Gasteiger partial charge in [-0.15, -0.1) is 0 Å². The van der Waals surface area contributed by atoms with Crippen LogP contribution in [0.15, 0.2) is 29.3 Å². The molecule has 33 heavy (non-hydrogen) atoms. The standard InChI is InChI=1S/C22H26ClN9O/c1-14(5-6-27-21-15(12-24)20(25)28-13-29-21)11-18-30-17-4-2-3-16(23)19(17)22(33)32(18)31-9-7-26-8-10-31/h2-4,13-14,26H,5-11H2,1H3,(H3,25,27,28,29). The van der Waals surface area contributed by atoms with Crippen molar-refractivity contribution in [3.63, 3.8) is 0 Å². The molecule has 4 rings (SSSR count). The number of nitrogens with zero attached hydrogens (tertiary/aromatic N) is 6. The average Bonchev–Trinajstić information content (AvgIpc) is 2.80. The zero-order valence-corrected chi connectivity index (χ0v) is 19.1. The first-order chi connectivity index (χ1) is 16.0. The van der Waals surface area contributed by atoms with Gasteiger partial charge in [0.1, 0.15) is 35.4 Å². The van der Waals surface area contributed by atoms with Gasteiger partial charge in [-0.3, -0.25) is 4.79 Å². The van der Waals surface area contributed by atoms with Crippen LogP contribution < -0.4 is 26.9 Å². The van der Waals surface area contributed by atoms with E-state index in [1.807, 2.05) is 23.2 Å². The third kappa shape index (κ3) is 4.84. The molecular formula is C22H26ClN9O. The van der Waals surface area contributed by atoms with E-state index in [0.717, 1.165) is 19.5 Å². The van der Waals surface area contributed by atoms with E-state index in [-0.39, 0.29) is 22.9 Å². The molecule has 2 aromatic heterocycles. The Hall–Kier alpha value is -3.42. The largest absolute Gasteiger partial charge is 0.382 e. The molecule has 172 valence electrons. The van der Waals surface area contributed by atoms with Crippen molar-refractivity contribution in [2.24, 2.45) is 5.92 Å². The van der Waals surface area contributed by atoms with Gasteiger partial charge in [-0.1, -0.05) is 24.6 Å². The van der Waals surface area contributed by atoms with E-state index >= 15 is 0 Å². The van der Waals surface area contributed by atoms with Crippen LogP contribution in [0.25, 0.3) is 10.9 Å². The molecule has 4 N–H and O–H groups in total. The van der Waals surface area contributed by atoms with Crippen molar-refractivity contribution in [3.8, 4) is 6.07 Å². The van der Waals surface area contributed by atoms with Gasteiger partial charge in [-0.05, 0) is 24.5 Å². The highest BCUT2D eigenvalue weighted by atomic mass is 35.5. The number of nitrogens with one attached hydrogen (secondary N) is 2. The summed E-state index contributed by atoms with van der Waals surface area (Å²) < 4.78 is 1.71. The summed E-state index contributed by atoms with van der Waals surface area (Å²) >= 11 is 6.36. The summed E-state index contributed by atoms with van der Waals surface area (Å²) in [6.07, 6.45) is 2.72. The molecule has 1 atom stereocenters. The molecule has 1 aromatic carbocycles. The van der Waals surface area contributed by atoms with Crippen LogP contribution in [0.3, 0.4) is 0 Å². The molecule has 1 fully saturated rings. The summed E-state index contributed by atoms with van der Waals surface area (Å²) in [5.41, 5.74) is 6.46. The van der Waals surface area contributed by atoms with Crippen LogP contribution in [0, 0.1) is 17.2 Å². The number of nitriles is 1. The lowest BCUT2D eigenvalue weighted by atomic mass is 10.0. The Morgan fingerprint density at radius 3 is 2.88 bits per heavy atom. The minimum atomic E-state index is -0.136. The highest BCUT2D eigenvalue weighted by Gasteiger charge is 2.21. The van der Waals surface area contributed by atoms with Gasteiger partial charge in [-0.25, -0.2) is 19.6 Å². The molecule has 0 amide bonds. The molecule has 11 heteroatoms. The second kappa shape index (κ2) is 10.0. The highest BCUT2D eigenvalue weighted by molar-refractivity contribution is 6.35. The van der Waals surface area contributed by atoms with Crippen molar-refractivity contribution in [3.05, 3.63) is 51.3 Å². The first kappa shape index (κ1) is 22.8. The highest BCUT2D eigenvalue weighted by Crippen LogP contribution is 2.21. The van der Waals surface area contributed by atoms with Gasteiger partial charge in [-0.2, -0.15) is 5.26 Å². The van der Waals surface area contributed by atoms with Gasteiger partial charge < -0.3 is 21.4 Å². The monoisotopic (exact) mass is 467 g/mol. The van der Waals surface area contributed by atoms with Crippen molar-refractivity contribution in [1.29, 1.82) is 5.26 Å². The maximum absolute atomic E-state index is 13.5. The molecule has 0 spiro atoms. The van der Waals surface area contributed by atoms with Gasteiger partial charge in [0.15, 0.2) is 0 Å². The fraction of sp³-hybridized carbons (Fsp3) is 0.409. The number of piperazine rings is 1. The average molecular weight is 468 g/mol. The Morgan fingerprint density at radius 1 is 1.33 bits per heavy atom. The third-order valence-electron chi connectivity index (χ3n) is 5.72. The van der Waals surface area contributed by atoms with Crippen molar-refractivity contribution in [1.82, 2.24) is 24.9 Å². The van der Waals surface area contributed by atoms with Crippen LogP contribution in [0.4, 0.5) is 11.6 Å². The Kier molecular flexibility index (Phi) is 6.91. The van der Waals surface area contributed by atoms with Crippen molar-refractivity contribution < 1.29 is 0 Å². The fourth-order valence-electron chi connectivity index (χ4n) is 4.00. The van der Waals surface area contributed by atoms with E-state index in [1.165, 1.54) is 6.33 Å². The minimum Gasteiger partial charge on any atom is -0.382 e. The maximum Gasteiger partial charge on any atom is 0.281 e. The molecule has 3 heterocycles. The molecule has 1 unspecified atom stereocenters. The SMILES string of the molecule is CC(CCNc1ncnc(N)c1C#N)Cc1nc2cccc(Cl)c2c(=O)n1N1CCNCC1. The number of nitrogens with two attached hydrogens (primary N) is 1. The molecular weight excluding hydrogens is 442 g/mol. The second-order valence-electron chi connectivity index (χ2n) is 8.10. The minimum absolute atomic E-state index is 0.136. The van der Waals surface area contributed by atoms with E-state index in [9.17, 15) is 10.1 Å². The first-order valence-electron chi connectivity index (χ1n) is 10.9. The van der Waals surface area contributed by atoms with Crippen LogP contribution >= 0.6 is 11.6 Å². The molecule has 1 saturated heterocycles. The van der Waals surface area contributed by atoms with E-state index in [4.69, 9.17) is 22.3 Å². The molecule has 0 saturated carbocycles. The number of nitrogen functional groups attached to an aromatic ring is 1. The molecule has 0 radical (unpaired) electrons. The molecule has 1 aliphatic rings. The number of benzene rings is 1. The first-order valence-corrected chi connectivity index (χ1v) is 11.3. The van der Waals surface area contributed by atoms with Gasteiger partial charge in [0.25, 0.3) is 5.56 Å². The zero-order chi connectivity index (χ0) is 23.4. The summed E-state index contributed by atoms with van der Waals surface area (Å²) in [4.78, 5) is 26.3. The Bertz CT molecular complexity index is 1250. The molecule has 10 nitrogen and oxygen atoms in total. The summed E-state index contributed by atoms with van der Waals surface area (Å²) in [5.74, 6) is 1.50. The fourth-order valence-corrected chi connectivity index (χ4v) is 4.25. The van der Waals surface area contributed by atoms with Crippen LogP contribution in [0.2, 0.25) is 5.02 Å². The second-order valence-corrected chi connectivity index (χ2v) is 8.51. The Labute approximate surface area is 196 Å². The van der Waals surface area contributed by atoms with Gasteiger partial charge in [0.05, 0.1) is 15.9 Å². The van der Waals surface area contributed by atoms with Crippen LogP contribution in [0.5, 0.6) is 0 Å². The number of hydrogen-bond acceptors (Lipinski definition) is 9. The lowest BCUT2D eigenvalue weighted by Gasteiger charge is -2.32. The van der Waals surface area contributed by atoms with E-state index in [2.05, 4.69) is 27.5 Å². The lowest BCUT2D eigenvalue weighted by Crippen LogP contribution is -2.54. The lowest BCUT2D eigenvalue weighted by molar-refractivity contribution is 0.445. The van der Waals surface area contributed by atoms with Crippen LogP contribution in [0.1, 0.15) is 24.7 Å². The Morgan fingerprint density at radius 2 is 2.12 bits per heavy atom. The topological polar surface area (TPSA) is 138 Å². The summed E-state index contributed by atoms with van der Waals surface area (Å²) in [7, 11) is 0. The predicted octanol–water partition coefficient (Wildman–Crippen LogP) is 1.52. The molecule has 0 aliphatic carbocycles. The number of rotatable bonds is 7. The number of hydrogen-bond donors (Lipinski definition) is 3. The van der Waals surface area contributed by atoms with Crippen molar-refractivity contribution >= 4 is 34.1 Å². The smallest absolute Gasteiger partial charge is 0.281 e.